The number of carbonyl (C=O) groups excluding carboxylic acids is 2. The van der Waals surface area contributed by atoms with Crippen LogP contribution in [-0.2, 0) is 88.1 Å². The van der Waals surface area contributed by atoms with Gasteiger partial charge in [0.05, 0.1) is 44.0 Å². The summed E-state index contributed by atoms with van der Waals surface area (Å²) in [6.07, 6.45) is -10.2. The van der Waals surface area contributed by atoms with Crippen molar-refractivity contribution >= 4 is 11.9 Å². The van der Waals surface area contributed by atoms with E-state index in [0.29, 0.717) is 11.1 Å². The van der Waals surface area contributed by atoms with E-state index in [1.54, 1.807) is 32.9 Å². The minimum absolute atomic E-state index is 0.0665. The number of rotatable bonds is 17. The summed E-state index contributed by atoms with van der Waals surface area (Å²) in [5.41, 5.74) is 3.46. The van der Waals surface area contributed by atoms with Crippen molar-refractivity contribution in [2.45, 2.75) is 135 Å². The fourth-order valence-corrected chi connectivity index (χ4v) is 8.85. The maximum absolute atomic E-state index is 14.0. The van der Waals surface area contributed by atoms with Gasteiger partial charge in [-0.1, -0.05) is 140 Å². The van der Waals surface area contributed by atoms with Crippen LogP contribution in [0.25, 0.3) is 0 Å². The molecule has 0 aromatic heterocycles. The second-order valence-corrected chi connectivity index (χ2v) is 19.3. The Morgan fingerprint density at radius 2 is 1.14 bits per heavy atom. The van der Waals surface area contributed by atoms with Crippen molar-refractivity contribution in [1.29, 1.82) is 0 Å². The number of hydrogen-bond donors (Lipinski definition) is 0. The van der Waals surface area contributed by atoms with Gasteiger partial charge in [0, 0.05) is 5.56 Å². The van der Waals surface area contributed by atoms with Gasteiger partial charge in [0.25, 0.3) is 0 Å². The maximum atomic E-state index is 14.0. The van der Waals surface area contributed by atoms with E-state index in [0.717, 1.165) is 22.3 Å². The van der Waals surface area contributed by atoms with Crippen molar-refractivity contribution in [1.82, 2.24) is 0 Å². The lowest BCUT2D eigenvalue weighted by Gasteiger charge is -2.49. The number of ether oxygens (including phenoxy) is 12. The zero-order chi connectivity index (χ0) is 48.7. The molecule has 4 fully saturated rings. The summed E-state index contributed by atoms with van der Waals surface area (Å²) in [6, 6.07) is 45.6. The monoisotopic (exact) mass is 958 g/mol. The molecule has 11 atom stereocenters. The third-order valence-corrected chi connectivity index (χ3v) is 12.5. The molecular weight excluding hydrogens is 897 g/mol. The van der Waals surface area contributed by atoms with Crippen LogP contribution >= 0.6 is 0 Å². The van der Waals surface area contributed by atoms with E-state index >= 15 is 0 Å². The zero-order valence-corrected chi connectivity index (χ0v) is 40.2. The van der Waals surface area contributed by atoms with Gasteiger partial charge in [-0.25, -0.2) is 4.79 Å². The van der Waals surface area contributed by atoms with E-state index in [1.807, 2.05) is 147 Å². The summed E-state index contributed by atoms with van der Waals surface area (Å²) in [6.45, 7) is 9.67. The highest BCUT2D eigenvalue weighted by Gasteiger charge is 2.59. The summed E-state index contributed by atoms with van der Waals surface area (Å²) < 4.78 is 79.2. The Balaban J connectivity index is 1.07. The van der Waals surface area contributed by atoms with Gasteiger partial charge < -0.3 is 56.8 Å². The van der Waals surface area contributed by atoms with Gasteiger partial charge in [-0.15, -0.1) is 0 Å². The molecule has 4 saturated heterocycles. The van der Waals surface area contributed by atoms with Gasteiger partial charge in [-0.3, -0.25) is 4.79 Å². The predicted octanol–water partition coefficient (Wildman–Crippen LogP) is 8.79. The zero-order valence-electron chi connectivity index (χ0n) is 40.2. The normalized spacial score (nSPS) is 28.4. The number of fused-ring (bicyclic) bond motifs is 1. The Hall–Kier alpha value is -5.36. The SMILES string of the molecule is CC1(C)OC[C@H]([C@@H]2O[C@@H](O[C@H]3[C@H]4O[C@@H](c5ccccc5)OC[C@H]4O[C@@H](OCc4ccccc4C(=O)OCc4ccccc4)[C@@H]3OCc3ccccc3)[C@H](OC(=O)C(C)(C)C)[C@H]2OCc2ccccc2)O1. The molecule has 4 heterocycles. The number of benzene rings is 5. The summed E-state index contributed by atoms with van der Waals surface area (Å²) in [5.74, 6) is -1.90. The van der Waals surface area contributed by atoms with Crippen molar-refractivity contribution < 1.29 is 66.4 Å². The van der Waals surface area contributed by atoms with E-state index in [2.05, 4.69) is 0 Å². The molecule has 5 aromatic carbocycles. The minimum atomic E-state index is -1.25. The standard InChI is InChI=1S/C56H62O14/c1-55(2,3)54(58)69-49-46(59-30-36-20-10-6-11-21-36)45(43-35-64-56(4,5)70-43)67-53(49)68-47-44-42(34-63-51(66-44)39-26-16-9-17-27-39)65-52(48(47)60-31-37-22-12-7-13-23-37)62-33-40-28-18-19-29-41(40)50(57)61-32-38-24-14-8-15-25-38/h6-29,42-49,51-53H,30-35H2,1-5H3/t42-,43-,44+,45+,46+,47+,48-,49-,51+,52-,53+/m1/s1. The second-order valence-electron chi connectivity index (χ2n) is 19.3. The maximum Gasteiger partial charge on any atom is 0.338 e. The van der Waals surface area contributed by atoms with Crippen LogP contribution in [0.5, 0.6) is 0 Å². The quantitative estimate of drug-likeness (QED) is 0.0819. The highest BCUT2D eigenvalue weighted by atomic mass is 16.8. The van der Waals surface area contributed by atoms with Crippen LogP contribution in [0.4, 0.5) is 0 Å². The van der Waals surface area contributed by atoms with Crippen LogP contribution in [0.1, 0.15) is 79.1 Å². The highest BCUT2D eigenvalue weighted by molar-refractivity contribution is 5.91. The highest BCUT2D eigenvalue weighted by Crippen LogP contribution is 2.42. The van der Waals surface area contributed by atoms with Crippen LogP contribution in [0.2, 0.25) is 0 Å². The molecule has 14 nitrogen and oxygen atoms in total. The molecular formula is C56H62O14. The summed E-state index contributed by atoms with van der Waals surface area (Å²) >= 11 is 0. The molecule has 5 aromatic rings. The lowest BCUT2D eigenvalue weighted by atomic mass is 9.96. The van der Waals surface area contributed by atoms with E-state index in [1.165, 1.54) is 0 Å². The number of carbonyl (C=O) groups is 2. The molecule has 0 N–H and O–H groups in total. The second kappa shape index (κ2) is 22.4. The largest absolute Gasteiger partial charge is 0.457 e. The summed E-state index contributed by atoms with van der Waals surface area (Å²) in [4.78, 5) is 27.6. The average Bonchev–Trinajstić information content (AvgIpc) is 3.92. The fourth-order valence-electron chi connectivity index (χ4n) is 8.85. The van der Waals surface area contributed by atoms with Crippen molar-refractivity contribution in [3.05, 3.63) is 179 Å². The third-order valence-electron chi connectivity index (χ3n) is 12.5. The van der Waals surface area contributed by atoms with Crippen LogP contribution < -0.4 is 0 Å². The molecule has 0 spiro atoms. The third kappa shape index (κ3) is 12.2. The Morgan fingerprint density at radius 3 is 1.76 bits per heavy atom. The fraction of sp³-hybridized carbons (Fsp3) is 0.429. The first-order chi connectivity index (χ1) is 33.9. The van der Waals surface area contributed by atoms with E-state index in [9.17, 15) is 9.59 Å². The molecule has 370 valence electrons. The smallest absolute Gasteiger partial charge is 0.338 e. The van der Waals surface area contributed by atoms with Crippen molar-refractivity contribution in [3.63, 3.8) is 0 Å². The van der Waals surface area contributed by atoms with E-state index in [-0.39, 0.29) is 39.6 Å². The molecule has 0 unspecified atom stereocenters. The molecule has 9 rings (SSSR count). The van der Waals surface area contributed by atoms with Gasteiger partial charge in [-0.2, -0.15) is 0 Å². The Bertz CT molecular complexity index is 2450. The Labute approximate surface area is 409 Å². The minimum Gasteiger partial charge on any atom is -0.457 e. The number of esters is 2. The molecule has 14 heteroatoms. The molecule has 0 saturated carbocycles. The van der Waals surface area contributed by atoms with Crippen LogP contribution in [-0.4, -0.2) is 92.4 Å². The van der Waals surface area contributed by atoms with Gasteiger partial charge in [-0.05, 0) is 62.9 Å². The average molecular weight is 959 g/mol. The van der Waals surface area contributed by atoms with Gasteiger partial charge in [0.1, 0.15) is 49.3 Å². The van der Waals surface area contributed by atoms with Crippen molar-refractivity contribution in [2.75, 3.05) is 13.2 Å². The molecule has 0 radical (unpaired) electrons. The van der Waals surface area contributed by atoms with Crippen LogP contribution in [0.3, 0.4) is 0 Å². The Morgan fingerprint density at radius 1 is 0.571 bits per heavy atom. The summed E-state index contributed by atoms with van der Waals surface area (Å²) in [5, 5.41) is 0. The molecule has 4 aliphatic heterocycles. The Kier molecular flexibility index (Phi) is 15.9. The van der Waals surface area contributed by atoms with Crippen molar-refractivity contribution in [3.8, 4) is 0 Å². The van der Waals surface area contributed by atoms with Crippen LogP contribution in [0.15, 0.2) is 146 Å². The van der Waals surface area contributed by atoms with E-state index in [4.69, 9.17) is 56.8 Å². The molecule has 70 heavy (non-hydrogen) atoms. The van der Waals surface area contributed by atoms with Gasteiger partial charge in [0.2, 0.25) is 0 Å². The van der Waals surface area contributed by atoms with E-state index < -0.39 is 90.8 Å². The molecule has 0 bridgehead atoms. The predicted molar refractivity (Wildman–Crippen MR) is 253 cm³/mol. The van der Waals surface area contributed by atoms with Crippen molar-refractivity contribution in [2.24, 2.45) is 5.41 Å². The lowest BCUT2D eigenvalue weighted by molar-refractivity contribution is -0.386. The molecule has 0 aliphatic carbocycles. The first kappa shape index (κ1) is 49.6. The molecule has 4 aliphatic rings. The number of hydrogen-bond acceptors (Lipinski definition) is 14. The lowest BCUT2D eigenvalue weighted by Crippen LogP contribution is -2.64. The van der Waals surface area contributed by atoms with Crippen LogP contribution in [0, 0.1) is 5.41 Å². The first-order valence-electron chi connectivity index (χ1n) is 23.9. The van der Waals surface area contributed by atoms with Gasteiger partial charge in [0.15, 0.2) is 30.8 Å². The molecule has 0 amide bonds. The van der Waals surface area contributed by atoms with Gasteiger partial charge >= 0.3 is 11.9 Å². The topological polar surface area (TPSA) is 145 Å². The summed E-state index contributed by atoms with van der Waals surface area (Å²) in [7, 11) is 0. The first-order valence-corrected chi connectivity index (χ1v) is 23.9.